The lowest BCUT2D eigenvalue weighted by molar-refractivity contribution is -0.119. The van der Waals surface area contributed by atoms with Crippen molar-refractivity contribution in [1.29, 1.82) is 0 Å². The fourth-order valence-corrected chi connectivity index (χ4v) is 5.67. The number of rotatable bonds is 7. The molecule has 1 fully saturated rings. The third-order valence-electron chi connectivity index (χ3n) is 6.57. The van der Waals surface area contributed by atoms with Crippen molar-refractivity contribution in [3.63, 3.8) is 0 Å². The molecule has 0 spiro atoms. The number of carbonyl (C=O) groups is 1. The molecule has 1 aliphatic carbocycles. The van der Waals surface area contributed by atoms with Crippen LogP contribution in [0.15, 0.2) is 65.8 Å². The molecule has 0 unspecified atom stereocenters. The number of fused-ring (bicyclic) bond motifs is 1. The number of aromatic nitrogens is 3. The van der Waals surface area contributed by atoms with Gasteiger partial charge in [-0.2, -0.15) is 0 Å². The van der Waals surface area contributed by atoms with Gasteiger partial charge in [-0.05, 0) is 54.7 Å². The van der Waals surface area contributed by atoms with Crippen LogP contribution < -0.4 is 5.32 Å². The molecular formula is C28H30N4OS. The van der Waals surface area contributed by atoms with Crippen molar-refractivity contribution in [3.8, 4) is 5.69 Å². The van der Waals surface area contributed by atoms with Gasteiger partial charge < -0.3 is 5.32 Å². The first kappa shape index (κ1) is 22.7. The molecule has 1 aromatic heterocycles. The van der Waals surface area contributed by atoms with E-state index in [4.69, 9.17) is 0 Å². The summed E-state index contributed by atoms with van der Waals surface area (Å²) in [6.45, 7) is 4.22. The largest absolute Gasteiger partial charge is 0.353 e. The zero-order valence-electron chi connectivity index (χ0n) is 19.8. The van der Waals surface area contributed by atoms with Gasteiger partial charge in [-0.3, -0.25) is 9.36 Å². The van der Waals surface area contributed by atoms with Gasteiger partial charge in [0.25, 0.3) is 0 Å². The van der Waals surface area contributed by atoms with Crippen LogP contribution in [0.25, 0.3) is 16.5 Å². The Morgan fingerprint density at radius 1 is 1.03 bits per heavy atom. The van der Waals surface area contributed by atoms with E-state index in [1.54, 1.807) is 0 Å². The Hall–Kier alpha value is -3.12. The number of hydrogen-bond donors (Lipinski definition) is 1. The first-order valence-electron chi connectivity index (χ1n) is 12.0. The highest BCUT2D eigenvalue weighted by Crippen LogP contribution is 2.28. The van der Waals surface area contributed by atoms with Crippen LogP contribution in [-0.4, -0.2) is 32.5 Å². The number of nitrogens with zero attached hydrogens (tertiary/aromatic N) is 3. The number of carbonyl (C=O) groups excluding carboxylic acids is 1. The number of benzene rings is 3. The van der Waals surface area contributed by atoms with Gasteiger partial charge in [-0.25, -0.2) is 0 Å². The third-order valence-corrected chi connectivity index (χ3v) is 7.50. The fourth-order valence-electron chi connectivity index (χ4n) is 4.89. The van der Waals surface area contributed by atoms with Gasteiger partial charge in [0.15, 0.2) is 5.16 Å². The molecule has 34 heavy (non-hydrogen) atoms. The molecule has 0 aliphatic heterocycles. The van der Waals surface area contributed by atoms with Crippen molar-refractivity contribution in [1.82, 2.24) is 20.1 Å². The van der Waals surface area contributed by atoms with Crippen molar-refractivity contribution >= 4 is 28.4 Å². The van der Waals surface area contributed by atoms with Gasteiger partial charge in [-0.1, -0.05) is 84.8 Å². The minimum Gasteiger partial charge on any atom is -0.353 e. The van der Waals surface area contributed by atoms with Crippen LogP contribution in [0.2, 0.25) is 0 Å². The van der Waals surface area contributed by atoms with Crippen molar-refractivity contribution in [2.75, 3.05) is 5.75 Å². The van der Waals surface area contributed by atoms with Crippen LogP contribution in [0.1, 0.15) is 48.2 Å². The summed E-state index contributed by atoms with van der Waals surface area (Å²) in [4.78, 5) is 12.6. The maximum atomic E-state index is 12.6. The molecule has 5 rings (SSSR count). The minimum atomic E-state index is 0.0719. The van der Waals surface area contributed by atoms with Crippen LogP contribution in [0.4, 0.5) is 0 Å². The minimum absolute atomic E-state index is 0.0719. The average molecular weight is 471 g/mol. The molecule has 1 N–H and O–H groups in total. The lowest BCUT2D eigenvalue weighted by Gasteiger charge is -2.15. The van der Waals surface area contributed by atoms with Gasteiger partial charge in [0.2, 0.25) is 5.91 Å². The van der Waals surface area contributed by atoms with Crippen LogP contribution in [0.3, 0.4) is 0 Å². The highest BCUT2D eigenvalue weighted by atomic mass is 32.2. The Labute approximate surface area is 205 Å². The van der Waals surface area contributed by atoms with E-state index in [1.807, 2.05) is 0 Å². The number of hydrogen-bond acceptors (Lipinski definition) is 4. The lowest BCUT2D eigenvalue weighted by atomic mass is 10.0. The van der Waals surface area contributed by atoms with Gasteiger partial charge >= 0.3 is 0 Å². The Bertz CT molecular complexity index is 1320. The van der Waals surface area contributed by atoms with E-state index < -0.39 is 0 Å². The summed E-state index contributed by atoms with van der Waals surface area (Å²) in [5.74, 6) is 1.29. The summed E-state index contributed by atoms with van der Waals surface area (Å²) in [5, 5.41) is 15.5. The molecule has 1 aliphatic rings. The summed E-state index contributed by atoms with van der Waals surface area (Å²) in [6, 6.07) is 21.6. The number of amides is 1. The molecule has 5 nitrogen and oxygen atoms in total. The molecular weight excluding hydrogens is 440 g/mol. The van der Waals surface area contributed by atoms with Gasteiger partial charge in [0, 0.05) is 12.5 Å². The predicted octanol–water partition coefficient (Wildman–Crippen LogP) is 5.78. The Morgan fingerprint density at radius 3 is 2.65 bits per heavy atom. The zero-order chi connectivity index (χ0) is 23.5. The highest BCUT2D eigenvalue weighted by Gasteiger charge is 2.20. The maximum Gasteiger partial charge on any atom is 0.230 e. The molecule has 1 heterocycles. The average Bonchev–Trinajstić information content (AvgIpc) is 3.48. The van der Waals surface area contributed by atoms with Gasteiger partial charge in [0.1, 0.15) is 5.82 Å². The summed E-state index contributed by atoms with van der Waals surface area (Å²) < 4.78 is 2.13. The van der Waals surface area contributed by atoms with E-state index in [9.17, 15) is 4.79 Å². The normalized spacial score (nSPS) is 14.1. The lowest BCUT2D eigenvalue weighted by Crippen LogP contribution is -2.33. The maximum absolute atomic E-state index is 12.6. The molecule has 174 valence electrons. The van der Waals surface area contributed by atoms with Crippen LogP contribution >= 0.6 is 11.8 Å². The molecule has 0 atom stereocenters. The summed E-state index contributed by atoms with van der Waals surface area (Å²) in [7, 11) is 0. The van der Waals surface area contributed by atoms with E-state index in [0.29, 0.717) is 18.2 Å². The van der Waals surface area contributed by atoms with Crippen molar-refractivity contribution in [2.24, 2.45) is 0 Å². The van der Waals surface area contributed by atoms with Crippen LogP contribution in [-0.2, 0) is 11.2 Å². The molecule has 0 radical (unpaired) electrons. The van der Waals surface area contributed by atoms with Crippen LogP contribution in [0, 0.1) is 13.8 Å². The van der Waals surface area contributed by atoms with E-state index in [0.717, 1.165) is 35.1 Å². The summed E-state index contributed by atoms with van der Waals surface area (Å²) >= 11 is 1.46. The van der Waals surface area contributed by atoms with E-state index >= 15 is 0 Å². The summed E-state index contributed by atoms with van der Waals surface area (Å²) in [6.07, 6.45) is 5.25. The van der Waals surface area contributed by atoms with E-state index in [1.165, 1.54) is 46.5 Å². The standard InChI is InChI=1S/C28H30N4OS/c1-19-14-15-25(20(2)16-19)32-26(17-22-10-7-9-21-8-3-6-13-24(21)22)30-31-28(32)34-18-27(33)29-23-11-4-5-12-23/h3,6-10,13-16,23H,4-5,11-12,17-18H2,1-2H3,(H,29,33). The van der Waals surface area contributed by atoms with Crippen molar-refractivity contribution in [2.45, 2.75) is 57.1 Å². The number of aryl methyl sites for hydroxylation is 2. The van der Waals surface area contributed by atoms with Crippen LogP contribution in [0.5, 0.6) is 0 Å². The Balaban J connectivity index is 1.46. The van der Waals surface area contributed by atoms with E-state index in [-0.39, 0.29) is 5.91 Å². The second kappa shape index (κ2) is 10.0. The molecule has 0 saturated heterocycles. The van der Waals surface area contributed by atoms with Crippen molar-refractivity contribution in [3.05, 3.63) is 83.2 Å². The Kier molecular flexibility index (Phi) is 6.68. The molecule has 6 heteroatoms. The molecule has 0 bridgehead atoms. The molecule has 3 aromatic carbocycles. The van der Waals surface area contributed by atoms with E-state index in [2.05, 4.69) is 94.6 Å². The number of thioether (sulfide) groups is 1. The highest BCUT2D eigenvalue weighted by molar-refractivity contribution is 7.99. The SMILES string of the molecule is Cc1ccc(-n2c(Cc3cccc4ccccc34)nnc2SCC(=O)NC2CCCC2)c(C)c1. The third kappa shape index (κ3) is 4.87. The smallest absolute Gasteiger partial charge is 0.230 e. The number of nitrogens with one attached hydrogen (secondary N) is 1. The Morgan fingerprint density at radius 2 is 1.82 bits per heavy atom. The predicted molar refractivity (Wildman–Crippen MR) is 139 cm³/mol. The first-order valence-corrected chi connectivity index (χ1v) is 13.0. The topological polar surface area (TPSA) is 59.8 Å². The molecule has 4 aromatic rings. The fraction of sp³-hybridized carbons (Fsp3) is 0.321. The molecule has 1 saturated carbocycles. The van der Waals surface area contributed by atoms with Crippen molar-refractivity contribution < 1.29 is 4.79 Å². The second-order valence-electron chi connectivity index (χ2n) is 9.18. The zero-order valence-corrected chi connectivity index (χ0v) is 20.6. The quantitative estimate of drug-likeness (QED) is 0.348. The first-order chi connectivity index (χ1) is 16.6. The summed E-state index contributed by atoms with van der Waals surface area (Å²) in [5.41, 5.74) is 4.66. The monoisotopic (exact) mass is 470 g/mol. The second-order valence-corrected chi connectivity index (χ2v) is 10.1. The van der Waals surface area contributed by atoms with Gasteiger partial charge in [-0.15, -0.1) is 10.2 Å². The van der Waals surface area contributed by atoms with Gasteiger partial charge in [0.05, 0.1) is 11.4 Å². The molecule has 1 amide bonds.